The molecule has 6 nitrogen and oxygen atoms in total. The number of nitrogens with zero attached hydrogens (tertiary/aromatic N) is 3. The number of rotatable bonds is 1. The van der Waals surface area contributed by atoms with E-state index in [0.29, 0.717) is 48.0 Å². The van der Waals surface area contributed by atoms with Crippen LogP contribution in [-0.4, -0.2) is 29.4 Å². The van der Waals surface area contributed by atoms with Gasteiger partial charge in [-0.3, -0.25) is 10.2 Å². The molecule has 0 radical (unpaired) electrons. The summed E-state index contributed by atoms with van der Waals surface area (Å²) in [6.07, 6.45) is -3.19. The molecule has 0 fully saturated rings. The Labute approximate surface area is 184 Å². The number of anilines is 2. The number of benzene rings is 1. The number of hydrogen-bond donors (Lipinski definition) is 2. The summed E-state index contributed by atoms with van der Waals surface area (Å²) in [7, 11) is 0. The van der Waals surface area contributed by atoms with Gasteiger partial charge in [0.2, 0.25) is 0 Å². The minimum atomic E-state index is -4.45. The molecule has 0 aliphatic carbocycles. The van der Waals surface area contributed by atoms with Crippen molar-refractivity contribution in [3.05, 3.63) is 53.2 Å². The van der Waals surface area contributed by atoms with Crippen LogP contribution in [0.15, 0.2) is 52.7 Å². The third-order valence-corrected chi connectivity index (χ3v) is 5.73. The van der Waals surface area contributed by atoms with Gasteiger partial charge in [0.25, 0.3) is 0 Å². The summed E-state index contributed by atoms with van der Waals surface area (Å²) < 4.78 is 39.5. The number of hydrogen-bond acceptors (Lipinski definition) is 4. The van der Waals surface area contributed by atoms with E-state index in [1.54, 1.807) is 23.1 Å². The Morgan fingerprint density at radius 2 is 2.00 bits per heavy atom. The van der Waals surface area contributed by atoms with Crippen LogP contribution in [0, 0.1) is 0 Å². The van der Waals surface area contributed by atoms with E-state index in [9.17, 15) is 18.0 Å². The number of aromatic nitrogens is 1. The summed E-state index contributed by atoms with van der Waals surface area (Å²) in [5, 5.41) is 6.14. The van der Waals surface area contributed by atoms with Crippen molar-refractivity contribution in [3.63, 3.8) is 0 Å². The predicted molar refractivity (Wildman–Crippen MR) is 119 cm³/mol. The lowest BCUT2D eigenvalue weighted by atomic mass is 10.1. The number of carbonyl (C=O) groups excluding carboxylic acids is 1. The second kappa shape index (κ2) is 8.29. The topological polar surface area (TPSA) is 69.6 Å². The maximum Gasteiger partial charge on any atom is 0.416 e. The van der Waals surface area contributed by atoms with Gasteiger partial charge in [0.1, 0.15) is 5.84 Å². The van der Waals surface area contributed by atoms with Crippen molar-refractivity contribution in [1.82, 2.24) is 10.3 Å². The molecule has 1 aromatic carbocycles. The minimum absolute atomic E-state index is 0.176. The number of nitrogens with one attached hydrogen (secondary N) is 2. The second-order valence-electron chi connectivity index (χ2n) is 8.11. The Morgan fingerprint density at radius 3 is 2.69 bits per heavy atom. The van der Waals surface area contributed by atoms with Crippen LogP contribution in [0.3, 0.4) is 0 Å². The summed E-state index contributed by atoms with van der Waals surface area (Å²) in [4.78, 5) is 23.8. The van der Waals surface area contributed by atoms with Crippen LogP contribution in [0.2, 0.25) is 0 Å². The van der Waals surface area contributed by atoms with Crippen molar-refractivity contribution in [2.24, 2.45) is 4.99 Å². The van der Waals surface area contributed by atoms with Gasteiger partial charge in [0.05, 0.1) is 16.9 Å². The van der Waals surface area contributed by atoms with E-state index < -0.39 is 11.7 Å². The lowest BCUT2D eigenvalue weighted by Gasteiger charge is -2.27. The number of amides is 2. The third-order valence-electron chi connectivity index (χ3n) is 5.73. The number of pyridine rings is 1. The van der Waals surface area contributed by atoms with Gasteiger partial charge in [-0.2, -0.15) is 13.2 Å². The number of amidine groups is 1. The molecule has 1 aromatic heterocycles. The van der Waals surface area contributed by atoms with Crippen molar-refractivity contribution < 1.29 is 18.0 Å². The summed E-state index contributed by atoms with van der Waals surface area (Å²) in [5.41, 5.74) is 2.57. The van der Waals surface area contributed by atoms with Crippen LogP contribution in [0.1, 0.15) is 39.2 Å². The van der Waals surface area contributed by atoms with Crippen LogP contribution in [0.4, 0.5) is 29.5 Å². The van der Waals surface area contributed by atoms with Crippen molar-refractivity contribution in [3.8, 4) is 11.3 Å². The van der Waals surface area contributed by atoms with E-state index in [0.717, 1.165) is 23.4 Å². The number of allylic oxidation sites excluding steroid dienone is 1. The molecule has 9 heteroatoms. The largest absolute Gasteiger partial charge is 0.416 e. The maximum atomic E-state index is 13.2. The minimum Gasteiger partial charge on any atom is -0.382 e. The molecule has 168 valence electrons. The number of urea groups is 1. The first-order valence-corrected chi connectivity index (χ1v) is 10.4. The molecule has 2 amide bonds. The highest BCUT2D eigenvalue weighted by molar-refractivity contribution is 6.07. The summed E-state index contributed by atoms with van der Waals surface area (Å²) in [6, 6.07) is 7.89. The zero-order chi connectivity index (χ0) is 23.0. The number of fused-ring (bicyclic) bond motifs is 1. The van der Waals surface area contributed by atoms with E-state index in [2.05, 4.69) is 20.6 Å². The quantitative estimate of drug-likeness (QED) is 0.604. The fourth-order valence-corrected chi connectivity index (χ4v) is 3.81. The van der Waals surface area contributed by atoms with Gasteiger partial charge in [0, 0.05) is 30.3 Å². The standard InChI is InChI=1S/C23H24F3N5O/c1-13-11-20(28-15(13)3)30-22(32)31-14(2)9-10-27-19-8-7-18(29-21(19)31)16-5-4-6-17(12-16)23(24,25)26/h4-8,12,14,27H,9-11H2,1-3H3,(H,28,30,32)/t14-/m0/s1. The molecule has 32 heavy (non-hydrogen) atoms. The van der Waals surface area contributed by atoms with Gasteiger partial charge >= 0.3 is 12.2 Å². The van der Waals surface area contributed by atoms with E-state index in [1.807, 2.05) is 20.8 Å². The highest BCUT2D eigenvalue weighted by Crippen LogP contribution is 2.35. The van der Waals surface area contributed by atoms with Crippen molar-refractivity contribution in [2.45, 2.75) is 45.8 Å². The van der Waals surface area contributed by atoms with Crippen LogP contribution < -0.4 is 15.5 Å². The van der Waals surface area contributed by atoms with Gasteiger partial charge in [0.15, 0.2) is 5.82 Å². The molecule has 2 aromatic rings. The molecule has 0 unspecified atom stereocenters. The molecule has 2 aliphatic rings. The fourth-order valence-electron chi connectivity index (χ4n) is 3.81. The normalized spacial score (nSPS) is 18.6. The zero-order valence-corrected chi connectivity index (χ0v) is 18.0. The summed E-state index contributed by atoms with van der Waals surface area (Å²) in [6.45, 7) is 6.42. The first-order valence-electron chi connectivity index (χ1n) is 10.4. The fraction of sp³-hybridized carbons (Fsp3) is 0.348. The van der Waals surface area contributed by atoms with Gasteiger partial charge < -0.3 is 5.32 Å². The average molecular weight is 443 g/mol. The molecule has 2 N–H and O–H groups in total. The molecule has 3 heterocycles. The van der Waals surface area contributed by atoms with Crippen molar-refractivity contribution in [1.29, 1.82) is 0 Å². The number of alkyl halides is 3. The molecule has 0 spiro atoms. The molecule has 1 atom stereocenters. The summed E-state index contributed by atoms with van der Waals surface area (Å²) >= 11 is 0. The van der Waals surface area contributed by atoms with E-state index in [4.69, 9.17) is 0 Å². The van der Waals surface area contributed by atoms with Gasteiger partial charge in [-0.1, -0.05) is 12.1 Å². The predicted octanol–water partition coefficient (Wildman–Crippen LogP) is 5.58. The second-order valence-corrected chi connectivity index (χ2v) is 8.11. The lowest BCUT2D eigenvalue weighted by Crippen LogP contribution is -2.47. The van der Waals surface area contributed by atoms with Crippen LogP contribution in [0.5, 0.6) is 0 Å². The van der Waals surface area contributed by atoms with Gasteiger partial charge in [-0.15, -0.1) is 0 Å². The Bertz CT molecular complexity index is 1120. The average Bonchev–Trinajstić information content (AvgIpc) is 2.95. The Kier molecular flexibility index (Phi) is 5.66. The Balaban J connectivity index is 1.69. The van der Waals surface area contributed by atoms with Gasteiger partial charge in [-0.25, -0.2) is 14.8 Å². The highest BCUT2D eigenvalue weighted by Gasteiger charge is 2.32. The molecule has 2 aliphatic heterocycles. The number of aliphatic imine (C=N–C) groups is 1. The number of carbonyl (C=O) groups is 1. The van der Waals surface area contributed by atoms with Crippen LogP contribution >= 0.6 is 0 Å². The Morgan fingerprint density at radius 1 is 1.22 bits per heavy atom. The molecule has 0 saturated heterocycles. The van der Waals surface area contributed by atoms with Gasteiger partial charge in [-0.05, 0) is 57.0 Å². The maximum absolute atomic E-state index is 13.2. The number of halogens is 3. The SMILES string of the molecule is CC1=C(C)N=C(NC(=O)N2c3nc(-c4cccc(C(F)(F)F)c4)ccc3NCC[C@@H]2C)C1. The Hall–Kier alpha value is -3.36. The first kappa shape index (κ1) is 21.9. The molecule has 0 bridgehead atoms. The van der Waals surface area contributed by atoms with E-state index in [-0.39, 0.29) is 12.1 Å². The van der Waals surface area contributed by atoms with Crippen molar-refractivity contribution >= 4 is 23.4 Å². The highest BCUT2D eigenvalue weighted by atomic mass is 19.4. The third kappa shape index (κ3) is 4.32. The van der Waals surface area contributed by atoms with Crippen molar-refractivity contribution in [2.75, 3.05) is 16.8 Å². The molecule has 0 saturated carbocycles. The zero-order valence-electron chi connectivity index (χ0n) is 18.0. The monoisotopic (exact) mass is 443 g/mol. The smallest absolute Gasteiger partial charge is 0.382 e. The molecular weight excluding hydrogens is 419 g/mol. The van der Waals surface area contributed by atoms with Crippen LogP contribution in [0.25, 0.3) is 11.3 Å². The van der Waals surface area contributed by atoms with Crippen LogP contribution in [-0.2, 0) is 6.18 Å². The lowest BCUT2D eigenvalue weighted by molar-refractivity contribution is -0.137. The summed E-state index contributed by atoms with van der Waals surface area (Å²) in [5.74, 6) is 0.951. The first-order chi connectivity index (χ1) is 15.1. The van der Waals surface area contributed by atoms with E-state index in [1.165, 1.54) is 6.07 Å². The molecule has 4 rings (SSSR count). The van der Waals surface area contributed by atoms with E-state index >= 15 is 0 Å². The molecular formula is C23H24F3N5O.